The van der Waals surface area contributed by atoms with E-state index in [1.807, 2.05) is 37.3 Å². The van der Waals surface area contributed by atoms with Crippen LogP contribution in [0.2, 0.25) is 0 Å². The molecule has 2 aromatic rings. The highest BCUT2D eigenvalue weighted by molar-refractivity contribution is 7.84. The van der Waals surface area contributed by atoms with Gasteiger partial charge in [-0.2, -0.15) is 5.10 Å². The maximum absolute atomic E-state index is 12.1. The highest BCUT2D eigenvalue weighted by Crippen LogP contribution is 2.14. The number of hydrogen-bond acceptors (Lipinski definition) is 3. The normalized spacial score (nSPS) is 13.4. The van der Waals surface area contributed by atoms with Gasteiger partial charge in [-0.1, -0.05) is 30.3 Å². The Kier molecular flexibility index (Phi) is 5.71. The first-order valence-electron chi connectivity index (χ1n) is 7.03. The zero-order valence-electron chi connectivity index (χ0n) is 12.7. The van der Waals surface area contributed by atoms with Crippen molar-refractivity contribution in [2.75, 3.05) is 17.3 Å². The van der Waals surface area contributed by atoms with Gasteiger partial charge < -0.3 is 10.6 Å². The van der Waals surface area contributed by atoms with Crippen LogP contribution in [-0.4, -0.2) is 32.0 Å². The number of carbonyl (C=O) groups is 1. The zero-order chi connectivity index (χ0) is 15.9. The van der Waals surface area contributed by atoms with Crippen LogP contribution in [0.4, 0.5) is 10.5 Å². The molecule has 0 bridgehead atoms. The molecule has 0 saturated carbocycles. The van der Waals surface area contributed by atoms with Gasteiger partial charge in [0.25, 0.3) is 0 Å². The van der Waals surface area contributed by atoms with E-state index < -0.39 is 10.8 Å². The molecular weight excluding hydrogens is 300 g/mol. The number of nitrogens with one attached hydrogen (secondary N) is 2. The molecule has 22 heavy (non-hydrogen) atoms. The highest BCUT2D eigenvalue weighted by atomic mass is 32.2. The van der Waals surface area contributed by atoms with Crippen molar-refractivity contribution in [3.63, 3.8) is 0 Å². The lowest BCUT2D eigenvalue weighted by atomic mass is 10.1. The van der Waals surface area contributed by atoms with Crippen molar-refractivity contribution in [2.45, 2.75) is 19.5 Å². The fourth-order valence-corrected chi connectivity index (χ4v) is 2.81. The molecular formula is C15H20N4O2S. The van der Waals surface area contributed by atoms with Crippen LogP contribution in [0.3, 0.4) is 0 Å². The summed E-state index contributed by atoms with van der Waals surface area (Å²) in [6.45, 7) is 2.71. The Hall–Kier alpha value is -2.15. The summed E-state index contributed by atoms with van der Waals surface area (Å²) in [6.07, 6.45) is 4.98. The van der Waals surface area contributed by atoms with Gasteiger partial charge in [-0.05, 0) is 12.5 Å². The van der Waals surface area contributed by atoms with Crippen LogP contribution in [0.1, 0.15) is 18.5 Å². The summed E-state index contributed by atoms with van der Waals surface area (Å²) < 4.78 is 13.3. The highest BCUT2D eigenvalue weighted by Gasteiger charge is 2.16. The largest absolute Gasteiger partial charge is 0.330 e. The molecule has 7 heteroatoms. The molecule has 6 nitrogen and oxygen atoms in total. The molecule has 0 radical (unpaired) electrons. The Morgan fingerprint density at radius 2 is 2.09 bits per heavy atom. The predicted octanol–water partition coefficient (Wildman–Crippen LogP) is 2.14. The fraction of sp³-hybridized carbons (Fsp3) is 0.333. The van der Waals surface area contributed by atoms with Gasteiger partial charge in [0.15, 0.2) is 0 Å². The quantitative estimate of drug-likeness (QED) is 0.856. The molecule has 1 heterocycles. The Morgan fingerprint density at radius 1 is 1.36 bits per heavy atom. The minimum Gasteiger partial charge on any atom is -0.330 e. The lowest BCUT2D eigenvalue weighted by Crippen LogP contribution is -2.35. The number of carbonyl (C=O) groups excluding carboxylic acids is 1. The van der Waals surface area contributed by atoms with E-state index in [-0.39, 0.29) is 12.1 Å². The number of amides is 2. The first-order chi connectivity index (χ1) is 10.6. The maximum atomic E-state index is 12.1. The number of rotatable bonds is 6. The average Bonchev–Trinajstić information content (AvgIpc) is 2.94. The van der Waals surface area contributed by atoms with Crippen molar-refractivity contribution in [3.8, 4) is 0 Å². The van der Waals surface area contributed by atoms with Gasteiger partial charge in [0.1, 0.15) is 0 Å². The number of benzene rings is 1. The van der Waals surface area contributed by atoms with Crippen LogP contribution < -0.4 is 10.6 Å². The van der Waals surface area contributed by atoms with Gasteiger partial charge in [0.2, 0.25) is 0 Å². The minimum atomic E-state index is -1.02. The molecule has 118 valence electrons. The van der Waals surface area contributed by atoms with Gasteiger partial charge in [-0.25, -0.2) is 4.79 Å². The summed E-state index contributed by atoms with van der Waals surface area (Å²) in [5.74, 6) is 0.367. The molecule has 0 spiro atoms. The summed E-state index contributed by atoms with van der Waals surface area (Å²) in [5, 5.41) is 9.70. The minimum absolute atomic E-state index is 0.298. The van der Waals surface area contributed by atoms with Crippen LogP contribution >= 0.6 is 0 Å². The summed E-state index contributed by atoms with van der Waals surface area (Å²) >= 11 is 0. The predicted molar refractivity (Wildman–Crippen MR) is 88.2 cm³/mol. The molecule has 2 rings (SSSR count). The second kappa shape index (κ2) is 7.74. The Bertz CT molecular complexity index is 642. The van der Waals surface area contributed by atoms with Gasteiger partial charge in [-0.3, -0.25) is 8.89 Å². The Labute approximate surface area is 132 Å². The summed E-state index contributed by atoms with van der Waals surface area (Å²) in [4.78, 5) is 12.1. The SMILES string of the molecule is CCn1cc(NC(=O)N[C@H](C[S@@](C)=O)c2ccccc2)cn1. The van der Waals surface area contributed by atoms with Crippen molar-refractivity contribution in [2.24, 2.45) is 0 Å². The summed E-state index contributed by atoms with van der Waals surface area (Å²) in [5.41, 5.74) is 1.56. The second-order valence-corrected chi connectivity index (χ2v) is 6.37. The Balaban J connectivity index is 2.03. The first kappa shape index (κ1) is 16.2. The van der Waals surface area contributed by atoms with Crippen LogP contribution in [-0.2, 0) is 17.3 Å². The third-order valence-corrected chi connectivity index (χ3v) is 3.93. The lowest BCUT2D eigenvalue weighted by molar-refractivity contribution is 0.249. The molecule has 0 saturated heterocycles. The van der Waals surface area contributed by atoms with Crippen LogP contribution in [0.15, 0.2) is 42.7 Å². The molecule has 0 aliphatic carbocycles. The van der Waals surface area contributed by atoms with Gasteiger partial charge in [0, 0.05) is 35.5 Å². The fourth-order valence-electron chi connectivity index (χ4n) is 2.07. The first-order valence-corrected chi connectivity index (χ1v) is 8.76. The number of aryl methyl sites for hydroxylation is 1. The van der Waals surface area contributed by atoms with Crippen molar-refractivity contribution in [1.82, 2.24) is 15.1 Å². The lowest BCUT2D eigenvalue weighted by Gasteiger charge is -2.18. The van der Waals surface area contributed by atoms with E-state index in [0.717, 1.165) is 12.1 Å². The molecule has 0 fully saturated rings. The molecule has 0 aliphatic heterocycles. The van der Waals surface area contributed by atoms with Crippen molar-refractivity contribution < 1.29 is 9.00 Å². The Morgan fingerprint density at radius 3 is 2.68 bits per heavy atom. The van der Waals surface area contributed by atoms with Gasteiger partial charge in [0.05, 0.1) is 17.9 Å². The monoisotopic (exact) mass is 320 g/mol. The average molecular weight is 320 g/mol. The maximum Gasteiger partial charge on any atom is 0.319 e. The number of nitrogens with zero attached hydrogens (tertiary/aromatic N) is 2. The van der Waals surface area contributed by atoms with Crippen LogP contribution in [0.25, 0.3) is 0 Å². The zero-order valence-corrected chi connectivity index (χ0v) is 13.5. The van der Waals surface area contributed by atoms with Crippen molar-refractivity contribution in [1.29, 1.82) is 0 Å². The molecule has 1 aromatic carbocycles. The number of urea groups is 1. The number of hydrogen-bond donors (Lipinski definition) is 2. The molecule has 2 atom stereocenters. The van der Waals surface area contributed by atoms with Crippen LogP contribution in [0, 0.1) is 0 Å². The van der Waals surface area contributed by atoms with Crippen molar-refractivity contribution >= 4 is 22.5 Å². The van der Waals surface area contributed by atoms with Gasteiger partial charge in [-0.15, -0.1) is 0 Å². The smallest absolute Gasteiger partial charge is 0.319 e. The molecule has 2 amide bonds. The number of anilines is 1. The molecule has 0 aliphatic rings. The van der Waals surface area contributed by atoms with Crippen molar-refractivity contribution in [3.05, 3.63) is 48.3 Å². The third kappa shape index (κ3) is 4.70. The standard InChI is InChI=1S/C15H20N4O2S/c1-3-19-10-13(9-16-19)17-15(20)18-14(11-22(2)21)12-7-5-4-6-8-12/h4-10,14H,3,11H2,1-2H3,(H2,17,18,20)/t14-,22-/m1/s1. The van der Waals surface area contributed by atoms with E-state index in [4.69, 9.17) is 0 Å². The topological polar surface area (TPSA) is 76.0 Å². The van der Waals surface area contributed by atoms with E-state index >= 15 is 0 Å². The van der Waals surface area contributed by atoms with Crippen LogP contribution in [0.5, 0.6) is 0 Å². The third-order valence-electron chi connectivity index (χ3n) is 3.12. The summed E-state index contributed by atoms with van der Waals surface area (Å²) in [7, 11) is -1.02. The second-order valence-electron chi connectivity index (χ2n) is 4.89. The van der Waals surface area contributed by atoms with E-state index in [0.29, 0.717) is 11.4 Å². The molecule has 0 unspecified atom stereocenters. The van der Waals surface area contributed by atoms with E-state index in [1.165, 1.54) is 0 Å². The van der Waals surface area contributed by atoms with E-state index in [1.54, 1.807) is 23.3 Å². The van der Waals surface area contributed by atoms with E-state index in [9.17, 15) is 9.00 Å². The van der Waals surface area contributed by atoms with E-state index in [2.05, 4.69) is 15.7 Å². The summed E-state index contributed by atoms with van der Waals surface area (Å²) in [6, 6.07) is 8.88. The number of aromatic nitrogens is 2. The molecule has 2 N–H and O–H groups in total. The van der Waals surface area contributed by atoms with Gasteiger partial charge >= 0.3 is 6.03 Å². The molecule has 1 aromatic heterocycles.